The summed E-state index contributed by atoms with van der Waals surface area (Å²) in [5.41, 5.74) is 1.37. The van der Waals surface area contributed by atoms with Gasteiger partial charge in [0, 0.05) is 11.1 Å². The molecule has 0 spiro atoms. The Hall–Kier alpha value is -0.160. The van der Waals surface area contributed by atoms with E-state index in [1.54, 1.807) is 0 Å². The monoisotopic (exact) mass is 315 g/mol. The lowest BCUT2D eigenvalue weighted by atomic mass is 9.93. The molecule has 0 amide bonds. The van der Waals surface area contributed by atoms with Crippen LogP contribution in [0, 0.1) is 12.8 Å². The maximum atomic E-state index is 4.77. The highest BCUT2D eigenvalue weighted by Crippen LogP contribution is 2.40. The summed E-state index contributed by atoms with van der Waals surface area (Å²) in [4.78, 5) is 4.77. The van der Waals surface area contributed by atoms with Gasteiger partial charge in [-0.15, -0.1) is 23.7 Å². The van der Waals surface area contributed by atoms with Crippen molar-refractivity contribution in [3.63, 3.8) is 0 Å². The van der Waals surface area contributed by atoms with Gasteiger partial charge in [-0.3, -0.25) is 0 Å². The summed E-state index contributed by atoms with van der Waals surface area (Å²) in [6, 6.07) is 0. The number of hydrogen-bond donors (Lipinski definition) is 2. The number of aryl methyl sites for hydroxylation is 1. The minimum Gasteiger partial charge on any atom is -0.317 e. The summed E-state index contributed by atoms with van der Waals surface area (Å²) in [7, 11) is 0. The van der Waals surface area contributed by atoms with E-state index in [1.807, 2.05) is 11.3 Å². The zero-order valence-electron chi connectivity index (χ0n) is 12.3. The highest BCUT2D eigenvalue weighted by Gasteiger charge is 2.38. The van der Waals surface area contributed by atoms with E-state index in [0.717, 1.165) is 5.92 Å². The van der Waals surface area contributed by atoms with E-state index in [9.17, 15) is 0 Å². The molecule has 0 bridgehead atoms. The van der Waals surface area contributed by atoms with E-state index in [0.29, 0.717) is 0 Å². The lowest BCUT2D eigenvalue weighted by Crippen LogP contribution is -2.44. The minimum absolute atomic E-state index is 0. The number of thiazole rings is 1. The molecule has 2 heterocycles. The van der Waals surface area contributed by atoms with E-state index >= 15 is 0 Å². The summed E-state index contributed by atoms with van der Waals surface area (Å²) in [5, 5.41) is 10.9. The van der Waals surface area contributed by atoms with Crippen LogP contribution in [0.5, 0.6) is 0 Å². The first-order valence-electron chi connectivity index (χ1n) is 7.67. The van der Waals surface area contributed by atoms with Gasteiger partial charge in [-0.1, -0.05) is 12.8 Å². The molecule has 5 heteroatoms. The van der Waals surface area contributed by atoms with Crippen LogP contribution < -0.4 is 10.6 Å². The molecule has 3 rings (SSSR count). The summed E-state index contributed by atoms with van der Waals surface area (Å²) >= 11 is 1.85. The predicted molar refractivity (Wildman–Crippen MR) is 87.8 cm³/mol. The van der Waals surface area contributed by atoms with Gasteiger partial charge in [0.15, 0.2) is 0 Å². The first-order chi connectivity index (χ1) is 9.28. The van der Waals surface area contributed by atoms with Crippen molar-refractivity contribution in [1.82, 2.24) is 15.6 Å². The number of nitrogens with zero attached hydrogens (tertiary/aromatic N) is 1. The second kappa shape index (κ2) is 7.21. The molecule has 1 aliphatic heterocycles. The molecule has 3 nitrogen and oxygen atoms in total. The summed E-state index contributed by atoms with van der Waals surface area (Å²) in [6.45, 7) is 5.65. The van der Waals surface area contributed by atoms with Crippen molar-refractivity contribution < 1.29 is 0 Å². The van der Waals surface area contributed by atoms with Crippen LogP contribution in [0.25, 0.3) is 0 Å². The molecule has 20 heavy (non-hydrogen) atoms. The molecule has 1 aromatic rings. The second-order valence-electron chi connectivity index (χ2n) is 6.16. The molecule has 0 atom stereocenters. The van der Waals surface area contributed by atoms with Crippen molar-refractivity contribution in [1.29, 1.82) is 0 Å². The Balaban J connectivity index is 0.00000147. The first-order valence-corrected chi connectivity index (χ1v) is 8.55. The van der Waals surface area contributed by atoms with Crippen LogP contribution in [-0.4, -0.2) is 24.6 Å². The minimum atomic E-state index is 0. The van der Waals surface area contributed by atoms with Crippen LogP contribution in [0.1, 0.15) is 49.2 Å². The van der Waals surface area contributed by atoms with Crippen molar-refractivity contribution in [3.05, 3.63) is 16.1 Å². The SMILES string of the molecule is Cc1csc(C2(NCC3CCNCC3)CCCC2)n1.Cl. The van der Waals surface area contributed by atoms with Crippen LogP contribution in [-0.2, 0) is 5.54 Å². The molecule has 2 fully saturated rings. The molecule has 1 saturated heterocycles. The fraction of sp³-hybridized carbons (Fsp3) is 0.800. The average molecular weight is 316 g/mol. The molecule has 0 aromatic carbocycles. The molecule has 1 saturated carbocycles. The molecule has 2 aliphatic rings. The van der Waals surface area contributed by atoms with Gasteiger partial charge in [-0.05, 0) is 58.2 Å². The Morgan fingerprint density at radius 2 is 2.05 bits per heavy atom. The molecule has 0 radical (unpaired) electrons. The van der Waals surface area contributed by atoms with Gasteiger partial charge in [-0.25, -0.2) is 4.98 Å². The van der Waals surface area contributed by atoms with Gasteiger partial charge in [0.05, 0.1) is 5.54 Å². The number of piperidine rings is 1. The van der Waals surface area contributed by atoms with Gasteiger partial charge in [0.1, 0.15) is 5.01 Å². The normalized spacial score (nSPS) is 22.6. The van der Waals surface area contributed by atoms with Gasteiger partial charge in [0.25, 0.3) is 0 Å². The maximum Gasteiger partial charge on any atom is 0.113 e. The van der Waals surface area contributed by atoms with Crippen molar-refractivity contribution >= 4 is 23.7 Å². The topological polar surface area (TPSA) is 37.0 Å². The van der Waals surface area contributed by atoms with Crippen molar-refractivity contribution in [2.45, 2.75) is 51.0 Å². The molecule has 1 aromatic heterocycles. The van der Waals surface area contributed by atoms with Crippen molar-refractivity contribution in [3.8, 4) is 0 Å². The molecule has 2 N–H and O–H groups in total. The standard InChI is InChI=1S/C15H25N3S.ClH/c1-12-11-19-14(18-12)15(6-2-3-7-15)17-10-13-4-8-16-9-5-13;/h11,13,16-17H,2-10H2,1H3;1H. The Kier molecular flexibility index (Phi) is 5.84. The Morgan fingerprint density at radius 1 is 1.35 bits per heavy atom. The zero-order chi connectivity index (χ0) is 13.1. The zero-order valence-corrected chi connectivity index (χ0v) is 13.9. The van der Waals surface area contributed by atoms with Crippen LogP contribution >= 0.6 is 23.7 Å². The highest BCUT2D eigenvalue weighted by molar-refractivity contribution is 7.09. The Bertz CT molecular complexity index is 409. The number of halogens is 1. The smallest absolute Gasteiger partial charge is 0.113 e. The summed E-state index contributed by atoms with van der Waals surface area (Å²) in [5.74, 6) is 0.847. The van der Waals surface area contributed by atoms with E-state index in [-0.39, 0.29) is 17.9 Å². The fourth-order valence-electron chi connectivity index (χ4n) is 3.44. The largest absolute Gasteiger partial charge is 0.317 e. The van der Waals surface area contributed by atoms with Crippen LogP contribution in [0.2, 0.25) is 0 Å². The number of nitrogens with one attached hydrogen (secondary N) is 2. The molecular formula is C15H26ClN3S. The van der Waals surface area contributed by atoms with Crippen molar-refractivity contribution in [2.24, 2.45) is 5.92 Å². The third-order valence-corrected chi connectivity index (χ3v) is 5.84. The predicted octanol–water partition coefficient (Wildman–Crippen LogP) is 3.23. The first kappa shape index (κ1) is 16.2. The number of rotatable bonds is 4. The average Bonchev–Trinajstić information content (AvgIpc) is 3.07. The van der Waals surface area contributed by atoms with Gasteiger partial charge < -0.3 is 10.6 Å². The van der Waals surface area contributed by atoms with Crippen molar-refractivity contribution in [2.75, 3.05) is 19.6 Å². The Morgan fingerprint density at radius 3 is 2.65 bits per heavy atom. The van der Waals surface area contributed by atoms with Crippen LogP contribution in [0.15, 0.2) is 5.38 Å². The van der Waals surface area contributed by atoms with E-state index in [4.69, 9.17) is 4.98 Å². The fourth-order valence-corrected chi connectivity index (χ4v) is 4.48. The lowest BCUT2D eigenvalue weighted by Gasteiger charge is -2.32. The third-order valence-electron chi connectivity index (χ3n) is 4.67. The van der Waals surface area contributed by atoms with Gasteiger partial charge in [-0.2, -0.15) is 0 Å². The molecule has 1 aliphatic carbocycles. The third kappa shape index (κ3) is 3.53. The quantitative estimate of drug-likeness (QED) is 0.895. The molecule has 0 unspecified atom stereocenters. The van der Waals surface area contributed by atoms with E-state index < -0.39 is 0 Å². The maximum absolute atomic E-state index is 4.77. The van der Waals surface area contributed by atoms with E-state index in [1.165, 1.54) is 68.9 Å². The summed E-state index contributed by atoms with van der Waals surface area (Å²) < 4.78 is 0. The Labute approximate surface area is 132 Å². The molecule has 114 valence electrons. The summed E-state index contributed by atoms with van der Waals surface area (Å²) in [6.07, 6.45) is 7.87. The molecular weight excluding hydrogens is 290 g/mol. The lowest BCUT2D eigenvalue weighted by molar-refractivity contribution is 0.277. The highest BCUT2D eigenvalue weighted by atomic mass is 35.5. The second-order valence-corrected chi connectivity index (χ2v) is 7.02. The van der Waals surface area contributed by atoms with Crippen LogP contribution in [0.3, 0.4) is 0 Å². The van der Waals surface area contributed by atoms with Crippen LogP contribution in [0.4, 0.5) is 0 Å². The number of hydrogen-bond acceptors (Lipinski definition) is 4. The van der Waals surface area contributed by atoms with Gasteiger partial charge in [0.2, 0.25) is 0 Å². The number of aromatic nitrogens is 1. The van der Waals surface area contributed by atoms with E-state index in [2.05, 4.69) is 22.9 Å². The van der Waals surface area contributed by atoms with Gasteiger partial charge >= 0.3 is 0 Å².